The maximum atomic E-state index is 11.3. The van der Waals surface area contributed by atoms with Crippen LogP contribution in [-0.4, -0.2) is 16.1 Å². The van der Waals surface area contributed by atoms with Crippen LogP contribution < -0.4 is 15.4 Å². The van der Waals surface area contributed by atoms with Gasteiger partial charge >= 0.3 is 0 Å². The zero-order chi connectivity index (χ0) is 14.4. The summed E-state index contributed by atoms with van der Waals surface area (Å²) in [6.45, 7) is 1.80. The topological polar surface area (TPSA) is 66.2 Å². The molecule has 2 rings (SSSR count). The Labute approximate surface area is 122 Å². The molecule has 0 unspecified atom stereocenters. The van der Waals surface area contributed by atoms with Gasteiger partial charge in [-0.2, -0.15) is 0 Å². The fraction of sp³-hybridized carbons (Fsp3) is 0.143. The summed E-state index contributed by atoms with van der Waals surface area (Å²) in [4.78, 5) is 14.3. The van der Waals surface area contributed by atoms with Crippen LogP contribution in [0, 0.1) is 0 Å². The Hall–Kier alpha value is -2.34. The number of carbonyl (C=O) groups excluding carboxylic acids is 1. The molecule has 5 nitrogen and oxygen atoms in total. The summed E-state index contributed by atoms with van der Waals surface area (Å²) >= 11 is 5.10. The molecule has 1 aromatic heterocycles. The summed E-state index contributed by atoms with van der Waals surface area (Å²) in [5, 5.41) is 5.90. The van der Waals surface area contributed by atoms with Gasteiger partial charge < -0.3 is 20.4 Å². The third-order valence-electron chi connectivity index (χ3n) is 2.48. The van der Waals surface area contributed by atoms with Crippen LogP contribution >= 0.6 is 12.2 Å². The van der Waals surface area contributed by atoms with Crippen LogP contribution in [0.3, 0.4) is 0 Å². The van der Waals surface area contributed by atoms with Crippen LogP contribution in [0.4, 0.5) is 11.5 Å². The van der Waals surface area contributed by atoms with Gasteiger partial charge in [-0.3, -0.25) is 4.79 Å². The molecule has 104 valence electrons. The zero-order valence-electron chi connectivity index (χ0n) is 11.0. The van der Waals surface area contributed by atoms with Gasteiger partial charge in [-0.15, -0.1) is 0 Å². The Bertz CT molecular complexity index is 596. The molecule has 0 aliphatic rings. The molecule has 0 aliphatic carbocycles. The van der Waals surface area contributed by atoms with E-state index in [9.17, 15) is 4.79 Å². The number of carbonyl (C=O) groups is 1. The first kappa shape index (κ1) is 14.1. The second-order valence-corrected chi connectivity index (χ2v) is 4.40. The van der Waals surface area contributed by atoms with Crippen molar-refractivity contribution in [2.45, 2.75) is 13.3 Å². The molecule has 1 amide bonds. The number of amides is 1. The van der Waals surface area contributed by atoms with Crippen LogP contribution in [0.15, 0.2) is 42.6 Å². The molecule has 0 saturated heterocycles. The second kappa shape index (κ2) is 6.72. The number of anilines is 2. The van der Waals surface area contributed by atoms with Gasteiger partial charge in [0.25, 0.3) is 5.17 Å². The Morgan fingerprint density at radius 2 is 2.15 bits per heavy atom. The van der Waals surface area contributed by atoms with Crippen molar-refractivity contribution in [3.8, 4) is 5.75 Å². The average molecular weight is 289 g/mol. The maximum Gasteiger partial charge on any atom is 0.267 e. The van der Waals surface area contributed by atoms with Crippen molar-refractivity contribution in [3.05, 3.63) is 42.6 Å². The molecule has 1 heterocycles. The van der Waals surface area contributed by atoms with Crippen molar-refractivity contribution in [2.75, 3.05) is 10.6 Å². The number of aromatic amines is 1. The van der Waals surface area contributed by atoms with Crippen LogP contribution in [0.25, 0.3) is 0 Å². The van der Waals surface area contributed by atoms with E-state index in [0.29, 0.717) is 17.9 Å². The lowest BCUT2D eigenvalue weighted by molar-refractivity contribution is -0.115. The molecular formula is C14H15N3O2S. The average Bonchev–Trinajstić information content (AvgIpc) is 2.91. The normalized spacial score (nSPS) is 9.85. The molecule has 0 radical (unpaired) electrons. The summed E-state index contributed by atoms with van der Waals surface area (Å²) in [5.74, 6) is 1.27. The van der Waals surface area contributed by atoms with Gasteiger partial charge in [-0.1, -0.05) is 13.0 Å². The predicted octanol–water partition coefficient (Wildman–Crippen LogP) is 3.14. The largest absolute Gasteiger partial charge is 0.432 e. The van der Waals surface area contributed by atoms with Gasteiger partial charge in [0, 0.05) is 24.4 Å². The van der Waals surface area contributed by atoms with Crippen LogP contribution in [0.5, 0.6) is 5.75 Å². The molecule has 3 N–H and O–H groups in total. The zero-order valence-corrected chi connectivity index (χ0v) is 11.8. The highest BCUT2D eigenvalue weighted by Gasteiger charge is 2.04. The number of ether oxygens (including phenoxy) is 1. The number of thiocarbonyl (C=S) groups is 1. The summed E-state index contributed by atoms with van der Waals surface area (Å²) in [7, 11) is 0. The van der Waals surface area contributed by atoms with Crippen molar-refractivity contribution in [1.82, 2.24) is 4.98 Å². The molecule has 0 aliphatic heterocycles. The van der Waals surface area contributed by atoms with Crippen molar-refractivity contribution >= 4 is 34.8 Å². The van der Waals surface area contributed by atoms with Gasteiger partial charge in [0.2, 0.25) is 5.91 Å². The molecule has 20 heavy (non-hydrogen) atoms. The maximum absolute atomic E-state index is 11.3. The minimum Gasteiger partial charge on any atom is -0.432 e. The number of aromatic nitrogens is 1. The van der Waals surface area contributed by atoms with Crippen LogP contribution in [0.1, 0.15) is 13.3 Å². The standard InChI is InChI=1S/C14H15N3O2S/c1-2-13(18)16-10-5-3-6-11(9-10)19-14(20)17-12-7-4-8-15-12/h3-9,15H,2H2,1H3,(H,16,18)(H,17,20). The lowest BCUT2D eigenvalue weighted by Gasteiger charge is -2.09. The third-order valence-corrected chi connectivity index (χ3v) is 2.67. The van der Waals surface area contributed by atoms with E-state index < -0.39 is 0 Å². The highest BCUT2D eigenvalue weighted by atomic mass is 32.1. The third kappa shape index (κ3) is 4.10. The SMILES string of the molecule is CCC(=O)Nc1cccc(OC(=S)Nc2ccc[nH]2)c1. The summed E-state index contributed by atoms with van der Waals surface area (Å²) in [5.41, 5.74) is 0.678. The van der Waals surface area contributed by atoms with Gasteiger partial charge in [-0.25, -0.2) is 0 Å². The van der Waals surface area contributed by atoms with E-state index in [0.717, 1.165) is 5.82 Å². The first-order chi connectivity index (χ1) is 9.67. The molecule has 2 aromatic rings. The quantitative estimate of drug-likeness (QED) is 0.757. The molecule has 6 heteroatoms. The Morgan fingerprint density at radius 3 is 2.85 bits per heavy atom. The molecule has 0 spiro atoms. The lowest BCUT2D eigenvalue weighted by Crippen LogP contribution is -2.16. The Morgan fingerprint density at radius 1 is 1.30 bits per heavy atom. The van der Waals surface area contributed by atoms with Crippen molar-refractivity contribution in [2.24, 2.45) is 0 Å². The summed E-state index contributed by atoms with van der Waals surface area (Å²) < 4.78 is 5.49. The molecule has 0 atom stereocenters. The van der Waals surface area contributed by atoms with E-state index in [1.165, 1.54) is 0 Å². The first-order valence-electron chi connectivity index (χ1n) is 6.19. The minimum atomic E-state index is -0.0470. The minimum absolute atomic E-state index is 0.0470. The van der Waals surface area contributed by atoms with Gasteiger partial charge in [0.05, 0.1) is 0 Å². The monoisotopic (exact) mass is 289 g/mol. The number of nitrogens with one attached hydrogen (secondary N) is 3. The van der Waals surface area contributed by atoms with Crippen LogP contribution in [0.2, 0.25) is 0 Å². The molecule has 0 fully saturated rings. The van der Waals surface area contributed by atoms with E-state index in [-0.39, 0.29) is 11.1 Å². The highest BCUT2D eigenvalue weighted by Crippen LogP contribution is 2.18. The molecule has 0 bridgehead atoms. The summed E-state index contributed by atoms with van der Waals surface area (Å²) in [6, 6.07) is 10.8. The van der Waals surface area contributed by atoms with Gasteiger partial charge in [0.15, 0.2) is 0 Å². The number of rotatable bonds is 4. The predicted molar refractivity (Wildman–Crippen MR) is 83.0 cm³/mol. The van der Waals surface area contributed by atoms with E-state index in [2.05, 4.69) is 15.6 Å². The van der Waals surface area contributed by atoms with E-state index >= 15 is 0 Å². The van der Waals surface area contributed by atoms with E-state index in [1.807, 2.05) is 12.1 Å². The van der Waals surface area contributed by atoms with E-state index in [1.54, 1.807) is 37.4 Å². The first-order valence-corrected chi connectivity index (χ1v) is 6.60. The summed E-state index contributed by atoms with van der Waals surface area (Å²) in [6.07, 6.45) is 2.21. The van der Waals surface area contributed by atoms with Crippen LogP contribution in [-0.2, 0) is 4.79 Å². The lowest BCUT2D eigenvalue weighted by atomic mass is 10.3. The smallest absolute Gasteiger partial charge is 0.267 e. The number of benzene rings is 1. The number of H-pyrrole nitrogens is 1. The van der Waals surface area contributed by atoms with Gasteiger partial charge in [0.1, 0.15) is 11.6 Å². The van der Waals surface area contributed by atoms with Gasteiger partial charge in [-0.05, 0) is 36.5 Å². The fourth-order valence-electron chi connectivity index (χ4n) is 1.54. The fourth-order valence-corrected chi connectivity index (χ4v) is 1.74. The molecule has 0 saturated carbocycles. The molecule has 1 aromatic carbocycles. The van der Waals surface area contributed by atoms with Crippen molar-refractivity contribution < 1.29 is 9.53 Å². The Kier molecular flexibility index (Phi) is 4.73. The second-order valence-electron chi connectivity index (χ2n) is 4.03. The Balaban J connectivity index is 1.97. The number of hydrogen-bond acceptors (Lipinski definition) is 3. The van der Waals surface area contributed by atoms with E-state index in [4.69, 9.17) is 17.0 Å². The molecular weight excluding hydrogens is 274 g/mol. The number of hydrogen-bond donors (Lipinski definition) is 3. The van der Waals surface area contributed by atoms with Crippen molar-refractivity contribution in [3.63, 3.8) is 0 Å². The highest BCUT2D eigenvalue weighted by molar-refractivity contribution is 7.80. The van der Waals surface area contributed by atoms with Crippen molar-refractivity contribution in [1.29, 1.82) is 0 Å².